The predicted molar refractivity (Wildman–Crippen MR) is 195 cm³/mol. The zero-order valence-corrected chi connectivity index (χ0v) is 26.0. The highest BCUT2D eigenvalue weighted by Gasteiger charge is 2.22. The van der Waals surface area contributed by atoms with Crippen molar-refractivity contribution in [3.63, 3.8) is 0 Å². The molecule has 7 nitrogen and oxygen atoms in total. The third-order valence-electron chi connectivity index (χ3n) is 9.16. The van der Waals surface area contributed by atoms with Crippen molar-refractivity contribution < 1.29 is 4.42 Å². The quantitative estimate of drug-likeness (QED) is 0.193. The molecule has 0 saturated carbocycles. The minimum absolute atomic E-state index is 0.177. The highest BCUT2D eigenvalue weighted by Crippen LogP contribution is 2.40. The van der Waals surface area contributed by atoms with E-state index in [0.717, 1.165) is 72.2 Å². The van der Waals surface area contributed by atoms with Crippen molar-refractivity contribution in [1.82, 2.24) is 23.9 Å². The van der Waals surface area contributed by atoms with Crippen LogP contribution in [0, 0.1) is 0 Å². The first-order valence-electron chi connectivity index (χ1n) is 16.1. The van der Waals surface area contributed by atoms with Gasteiger partial charge in [-0.2, -0.15) is 0 Å². The summed E-state index contributed by atoms with van der Waals surface area (Å²) in [7, 11) is 0. The lowest BCUT2D eigenvalue weighted by atomic mass is 9.99. The molecular weight excluding hydrogens is 606 g/mol. The van der Waals surface area contributed by atoms with Gasteiger partial charge in [-0.15, -0.1) is 0 Å². The van der Waals surface area contributed by atoms with E-state index in [1.165, 1.54) is 0 Å². The van der Waals surface area contributed by atoms with Crippen LogP contribution in [-0.4, -0.2) is 23.9 Å². The standard InChI is InChI=1S/C42H25N5O2/c48-42-41-43-31-20-10-11-21-32(31)47(41)34-25-28(23-24-33(34)46(42)29-17-8-3-9-18-29)30-19-12-22-35-36(30)38-39(49-35)37(26-13-4-1-5-14-26)44-40(45-38)27-15-6-2-7-16-27/h1-25H. The molecule has 4 heterocycles. The molecule has 0 bridgehead atoms. The maximum absolute atomic E-state index is 14.1. The van der Waals surface area contributed by atoms with Crippen molar-refractivity contribution in [3.8, 4) is 39.5 Å². The fraction of sp³-hybridized carbons (Fsp3) is 0. The zero-order valence-electron chi connectivity index (χ0n) is 26.0. The van der Waals surface area contributed by atoms with Gasteiger partial charge in [0.2, 0.25) is 5.65 Å². The molecule has 0 atom stereocenters. The molecule has 0 spiro atoms. The Balaban J connectivity index is 1.30. The lowest BCUT2D eigenvalue weighted by Gasteiger charge is -2.14. The molecular formula is C42H25N5O2. The van der Waals surface area contributed by atoms with Crippen LogP contribution in [0.1, 0.15) is 0 Å². The third kappa shape index (κ3) is 4.16. The van der Waals surface area contributed by atoms with Crippen LogP contribution in [0.5, 0.6) is 0 Å². The van der Waals surface area contributed by atoms with Gasteiger partial charge in [-0.05, 0) is 53.6 Å². The molecule has 0 N–H and O–H groups in total. The smallest absolute Gasteiger partial charge is 0.299 e. The minimum atomic E-state index is -0.177. The largest absolute Gasteiger partial charge is 0.452 e. The van der Waals surface area contributed by atoms with Gasteiger partial charge in [0, 0.05) is 16.8 Å². The van der Waals surface area contributed by atoms with E-state index < -0.39 is 0 Å². The third-order valence-corrected chi connectivity index (χ3v) is 9.16. The molecule has 10 rings (SSSR count). The molecule has 0 saturated heterocycles. The van der Waals surface area contributed by atoms with Gasteiger partial charge in [0.15, 0.2) is 11.4 Å². The molecule has 0 fully saturated rings. The van der Waals surface area contributed by atoms with Crippen LogP contribution in [0.2, 0.25) is 0 Å². The number of fused-ring (bicyclic) bond motifs is 8. The fourth-order valence-electron chi connectivity index (χ4n) is 6.95. The number of nitrogens with zero attached hydrogens (tertiary/aromatic N) is 5. The van der Waals surface area contributed by atoms with Crippen molar-refractivity contribution in [2.45, 2.75) is 0 Å². The summed E-state index contributed by atoms with van der Waals surface area (Å²) in [4.78, 5) is 29.1. The Kier molecular flexibility index (Phi) is 5.89. The molecule has 0 unspecified atom stereocenters. The Bertz CT molecular complexity index is 2950. The second kappa shape index (κ2) is 10.6. The van der Waals surface area contributed by atoms with Gasteiger partial charge in [-0.25, -0.2) is 15.0 Å². The highest BCUT2D eigenvalue weighted by atomic mass is 16.3. The van der Waals surface area contributed by atoms with Gasteiger partial charge in [-0.3, -0.25) is 13.8 Å². The SMILES string of the molecule is O=c1c2nc3ccccc3n2c2cc(-c3cccc4oc5c(-c6ccccc6)nc(-c6ccccc6)nc5c34)ccc2n1-c1ccccc1. The molecule has 230 valence electrons. The number of aromatic nitrogens is 5. The molecule has 4 aromatic heterocycles. The molecule has 7 heteroatoms. The van der Waals surface area contributed by atoms with Gasteiger partial charge in [0.1, 0.15) is 16.8 Å². The first-order chi connectivity index (χ1) is 24.2. The van der Waals surface area contributed by atoms with E-state index >= 15 is 0 Å². The van der Waals surface area contributed by atoms with Crippen LogP contribution >= 0.6 is 0 Å². The van der Waals surface area contributed by atoms with Gasteiger partial charge in [-0.1, -0.05) is 109 Å². The number of benzene rings is 6. The maximum atomic E-state index is 14.1. The summed E-state index contributed by atoms with van der Waals surface area (Å²) in [6, 6.07) is 50.0. The molecule has 49 heavy (non-hydrogen) atoms. The first-order valence-corrected chi connectivity index (χ1v) is 16.1. The van der Waals surface area contributed by atoms with Crippen LogP contribution in [0.3, 0.4) is 0 Å². The van der Waals surface area contributed by atoms with Crippen LogP contribution < -0.4 is 5.56 Å². The summed E-state index contributed by atoms with van der Waals surface area (Å²) in [5.74, 6) is 0.626. The Morgan fingerprint density at radius 3 is 2.06 bits per heavy atom. The van der Waals surface area contributed by atoms with E-state index in [1.807, 2.05) is 138 Å². The Morgan fingerprint density at radius 2 is 1.27 bits per heavy atom. The summed E-state index contributed by atoms with van der Waals surface area (Å²) in [6.45, 7) is 0. The average Bonchev–Trinajstić information content (AvgIpc) is 3.75. The van der Waals surface area contributed by atoms with Crippen molar-refractivity contribution in [3.05, 3.63) is 162 Å². The molecule has 0 aliphatic carbocycles. The van der Waals surface area contributed by atoms with Crippen LogP contribution in [-0.2, 0) is 0 Å². The summed E-state index contributed by atoms with van der Waals surface area (Å²) in [5, 5.41) is 0.900. The number of rotatable bonds is 4. The van der Waals surface area contributed by atoms with E-state index in [1.54, 1.807) is 4.57 Å². The maximum Gasteiger partial charge on any atom is 0.299 e. The Hall–Kier alpha value is -6.86. The number of hydrogen-bond acceptors (Lipinski definition) is 5. The van der Waals surface area contributed by atoms with Gasteiger partial charge in [0.05, 0.1) is 27.5 Å². The topological polar surface area (TPSA) is 78.2 Å². The van der Waals surface area contributed by atoms with E-state index in [4.69, 9.17) is 19.4 Å². The van der Waals surface area contributed by atoms with Crippen molar-refractivity contribution in [2.24, 2.45) is 0 Å². The van der Waals surface area contributed by atoms with E-state index in [2.05, 4.69) is 18.2 Å². The van der Waals surface area contributed by atoms with Crippen LogP contribution in [0.15, 0.2) is 161 Å². The van der Waals surface area contributed by atoms with Gasteiger partial charge in [0.25, 0.3) is 5.56 Å². The lowest BCUT2D eigenvalue weighted by molar-refractivity contribution is 0.667. The van der Waals surface area contributed by atoms with Crippen LogP contribution in [0.25, 0.3) is 89.2 Å². The summed E-state index contributed by atoms with van der Waals surface area (Å²) < 4.78 is 10.3. The number of furan rings is 1. The van der Waals surface area contributed by atoms with Crippen molar-refractivity contribution in [1.29, 1.82) is 0 Å². The molecule has 10 aromatic rings. The first kappa shape index (κ1) is 27.3. The van der Waals surface area contributed by atoms with Crippen molar-refractivity contribution >= 4 is 49.8 Å². The zero-order chi connectivity index (χ0) is 32.5. The summed E-state index contributed by atoms with van der Waals surface area (Å²) in [6.07, 6.45) is 0. The second-order valence-corrected chi connectivity index (χ2v) is 12.0. The molecule has 0 amide bonds. The lowest BCUT2D eigenvalue weighted by Crippen LogP contribution is -2.21. The Labute approximate surface area is 279 Å². The minimum Gasteiger partial charge on any atom is -0.452 e. The molecule has 0 radical (unpaired) electrons. The Morgan fingerprint density at radius 1 is 0.551 bits per heavy atom. The average molecular weight is 632 g/mol. The molecule has 6 aromatic carbocycles. The van der Waals surface area contributed by atoms with Gasteiger partial charge >= 0.3 is 0 Å². The van der Waals surface area contributed by atoms with E-state index in [0.29, 0.717) is 17.1 Å². The van der Waals surface area contributed by atoms with Crippen LogP contribution in [0.4, 0.5) is 0 Å². The van der Waals surface area contributed by atoms with Gasteiger partial charge < -0.3 is 4.42 Å². The number of hydrogen-bond donors (Lipinski definition) is 0. The monoisotopic (exact) mass is 631 g/mol. The predicted octanol–water partition coefficient (Wildman–Crippen LogP) is 9.48. The highest BCUT2D eigenvalue weighted by molar-refractivity contribution is 6.14. The van der Waals surface area contributed by atoms with E-state index in [9.17, 15) is 4.79 Å². The number of para-hydroxylation sites is 3. The van der Waals surface area contributed by atoms with E-state index in [-0.39, 0.29) is 5.56 Å². The van der Waals surface area contributed by atoms with Crippen molar-refractivity contribution in [2.75, 3.05) is 0 Å². The summed E-state index contributed by atoms with van der Waals surface area (Å²) in [5.41, 5.74) is 10.9. The summed E-state index contributed by atoms with van der Waals surface area (Å²) >= 11 is 0. The molecule has 0 aliphatic heterocycles. The fourth-order valence-corrected chi connectivity index (χ4v) is 6.95. The molecule has 0 aliphatic rings. The normalized spacial score (nSPS) is 11.8. The number of imidazole rings is 1. The second-order valence-electron chi connectivity index (χ2n) is 12.0.